The number of rotatable bonds is 2. The maximum absolute atomic E-state index is 4.43. The highest BCUT2D eigenvalue weighted by Crippen LogP contribution is 2.34. The third-order valence-electron chi connectivity index (χ3n) is 4.50. The molecule has 0 fully saturated rings. The summed E-state index contributed by atoms with van der Waals surface area (Å²) in [5, 5.41) is 10.7. The molecule has 0 bridgehead atoms. The van der Waals surface area contributed by atoms with Gasteiger partial charge in [-0.2, -0.15) is 5.10 Å². The number of benzene rings is 2. The lowest BCUT2D eigenvalue weighted by Crippen LogP contribution is -2.17. The number of fused-ring (bicyclic) bond motifs is 2. The second kappa shape index (κ2) is 4.92. The number of hydrogen-bond acceptors (Lipinski definition) is 2. The molecule has 106 valence electrons. The van der Waals surface area contributed by atoms with Gasteiger partial charge in [0.25, 0.3) is 0 Å². The second-order valence-electron chi connectivity index (χ2n) is 5.79. The van der Waals surface area contributed by atoms with E-state index in [2.05, 4.69) is 52.9 Å². The van der Waals surface area contributed by atoms with Crippen LogP contribution in [0.25, 0.3) is 10.8 Å². The fraction of sp³-hybridized carbons (Fsp3) is 0.278. The van der Waals surface area contributed by atoms with Crippen LogP contribution in [0.5, 0.6) is 0 Å². The Bertz CT molecular complexity index is 783. The van der Waals surface area contributed by atoms with E-state index in [-0.39, 0.29) is 0 Å². The Hall–Kier alpha value is -2.29. The van der Waals surface area contributed by atoms with E-state index >= 15 is 0 Å². The molecule has 4 rings (SSSR count). The monoisotopic (exact) mass is 277 g/mol. The zero-order chi connectivity index (χ0) is 14.2. The van der Waals surface area contributed by atoms with Gasteiger partial charge in [0, 0.05) is 29.4 Å². The molecule has 1 atom stereocenters. The molecule has 1 aliphatic carbocycles. The fourth-order valence-corrected chi connectivity index (χ4v) is 3.40. The van der Waals surface area contributed by atoms with Crippen LogP contribution < -0.4 is 5.32 Å². The molecular formula is C18H19N3. The lowest BCUT2D eigenvalue weighted by molar-refractivity contribution is 0.572. The SMILES string of the molecule is Cn1ncc2c1CCCC2Nc1cccc2ccccc12. The summed E-state index contributed by atoms with van der Waals surface area (Å²) in [7, 11) is 2.04. The van der Waals surface area contributed by atoms with Crippen molar-refractivity contribution >= 4 is 16.5 Å². The van der Waals surface area contributed by atoms with Gasteiger partial charge in [-0.25, -0.2) is 0 Å². The van der Waals surface area contributed by atoms with Crippen molar-refractivity contribution < 1.29 is 0 Å². The fourth-order valence-electron chi connectivity index (χ4n) is 3.40. The largest absolute Gasteiger partial charge is 0.378 e. The van der Waals surface area contributed by atoms with E-state index in [0.717, 1.165) is 6.42 Å². The van der Waals surface area contributed by atoms with Crippen LogP contribution in [0.4, 0.5) is 5.69 Å². The first-order chi connectivity index (χ1) is 10.3. The van der Waals surface area contributed by atoms with Crippen molar-refractivity contribution in [3.63, 3.8) is 0 Å². The van der Waals surface area contributed by atoms with Crippen LogP contribution in [0.3, 0.4) is 0 Å². The zero-order valence-electron chi connectivity index (χ0n) is 12.2. The summed E-state index contributed by atoms with van der Waals surface area (Å²) < 4.78 is 2.02. The van der Waals surface area contributed by atoms with Gasteiger partial charge in [-0.1, -0.05) is 36.4 Å². The average molecular weight is 277 g/mol. The van der Waals surface area contributed by atoms with Gasteiger partial charge in [0.15, 0.2) is 0 Å². The highest BCUT2D eigenvalue weighted by atomic mass is 15.3. The van der Waals surface area contributed by atoms with Crippen molar-refractivity contribution in [2.24, 2.45) is 7.05 Å². The Morgan fingerprint density at radius 3 is 2.95 bits per heavy atom. The van der Waals surface area contributed by atoms with Gasteiger partial charge in [0.1, 0.15) is 0 Å². The first-order valence-corrected chi connectivity index (χ1v) is 7.58. The van der Waals surface area contributed by atoms with Gasteiger partial charge in [0.05, 0.1) is 12.2 Å². The zero-order valence-corrected chi connectivity index (χ0v) is 12.2. The van der Waals surface area contributed by atoms with Crippen molar-refractivity contribution in [2.75, 3.05) is 5.32 Å². The van der Waals surface area contributed by atoms with Crippen molar-refractivity contribution in [3.05, 3.63) is 59.9 Å². The number of nitrogens with one attached hydrogen (secondary N) is 1. The van der Waals surface area contributed by atoms with Crippen LogP contribution in [0.2, 0.25) is 0 Å². The summed E-state index contributed by atoms with van der Waals surface area (Å²) in [4.78, 5) is 0. The summed E-state index contributed by atoms with van der Waals surface area (Å²) in [6.07, 6.45) is 5.55. The minimum atomic E-state index is 0.369. The standard InChI is InChI=1S/C18H19N3/c1-21-18-11-5-10-17(15(18)12-19-21)20-16-9-4-7-13-6-2-3-8-14(13)16/h2-4,6-9,12,17,20H,5,10-11H2,1H3. The predicted octanol–water partition coefficient (Wildman–Crippen LogP) is 4.06. The molecule has 0 saturated heterocycles. The summed E-state index contributed by atoms with van der Waals surface area (Å²) in [5.41, 5.74) is 3.95. The Morgan fingerprint density at radius 2 is 2.00 bits per heavy atom. The Morgan fingerprint density at radius 1 is 1.14 bits per heavy atom. The van der Waals surface area contributed by atoms with Crippen LogP contribution >= 0.6 is 0 Å². The Labute approximate surface area is 124 Å². The molecule has 1 aromatic heterocycles. The van der Waals surface area contributed by atoms with Crippen LogP contribution in [-0.2, 0) is 13.5 Å². The highest BCUT2D eigenvalue weighted by Gasteiger charge is 2.23. The molecule has 1 aliphatic rings. The molecule has 1 N–H and O–H groups in total. The Balaban J connectivity index is 1.73. The third-order valence-corrected chi connectivity index (χ3v) is 4.50. The number of anilines is 1. The van der Waals surface area contributed by atoms with Gasteiger partial charge in [-0.15, -0.1) is 0 Å². The van der Waals surface area contributed by atoms with Crippen LogP contribution in [0.15, 0.2) is 48.7 Å². The normalized spacial score (nSPS) is 17.7. The van der Waals surface area contributed by atoms with E-state index in [1.54, 1.807) is 0 Å². The molecule has 0 amide bonds. The van der Waals surface area contributed by atoms with E-state index in [4.69, 9.17) is 0 Å². The number of hydrogen-bond donors (Lipinski definition) is 1. The lowest BCUT2D eigenvalue weighted by Gasteiger charge is -2.25. The smallest absolute Gasteiger partial charge is 0.0548 e. The first kappa shape index (κ1) is 12.5. The van der Waals surface area contributed by atoms with E-state index in [0.29, 0.717) is 6.04 Å². The molecule has 3 nitrogen and oxygen atoms in total. The van der Waals surface area contributed by atoms with Crippen molar-refractivity contribution in [3.8, 4) is 0 Å². The molecule has 2 aromatic carbocycles. The van der Waals surface area contributed by atoms with Gasteiger partial charge in [-0.3, -0.25) is 4.68 Å². The molecule has 0 radical (unpaired) electrons. The number of aromatic nitrogens is 2. The van der Waals surface area contributed by atoms with Crippen LogP contribution in [0, 0.1) is 0 Å². The van der Waals surface area contributed by atoms with Crippen molar-refractivity contribution in [2.45, 2.75) is 25.3 Å². The average Bonchev–Trinajstić information content (AvgIpc) is 2.90. The minimum Gasteiger partial charge on any atom is -0.378 e. The lowest BCUT2D eigenvalue weighted by atomic mass is 9.92. The summed E-state index contributed by atoms with van der Waals surface area (Å²) in [5.74, 6) is 0. The molecular weight excluding hydrogens is 258 g/mol. The van der Waals surface area contributed by atoms with Crippen molar-refractivity contribution in [1.82, 2.24) is 9.78 Å². The third kappa shape index (κ3) is 2.09. The topological polar surface area (TPSA) is 29.9 Å². The molecule has 0 aliphatic heterocycles. The van der Waals surface area contributed by atoms with Gasteiger partial charge in [-0.05, 0) is 30.7 Å². The van der Waals surface area contributed by atoms with Crippen LogP contribution in [0.1, 0.15) is 30.1 Å². The van der Waals surface area contributed by atoms with Gasteiger partial charge >= 0.3 is 0 Å². The summed E-state index contributed by atoms with van der Waals surface area (Å²) in [6, 6.07) is 15.4. The Kier molecular flexibility index (Phi) is 2.92. The summed E-state index contributed by atoms with van der Waals surface area (Å²) >= 11 is 0. The second-order valence-corrected chi connectivity index (χ2v) is 5.79. The number of aryl methyl sites for hydroxylation is 1. The number of nitrogens with zero attached hydrogens (tertiary/aromatic N) is 2. The molecule has 3 aromatic rings. The minimum absolute atomic E-state index is 0.369. The molecule has 21 heavy (non-hydrogen) atoms. The maximum Gasteiger partial charge on any atom is 0.0548 e. The molecule has 1 unspecified atom stereocenters. The highest BCUT2D eigenvalue weighted by molar-refractivity contribution is 5.93. The molecule has 1 heterocycles. The van der Waals surface area contributed by atoms with Crippen molar-refractivity contribution in [1.29, 1.82) is 0 Å². The van der Waals surface area contributed by atoms with Gasteiger partial charge < -0.3 is 5.32 Å². The molecule has 0 spiro atoms. The maximum atomic E-state index is 4.43. The summed E-state index contributed by atoms with van der Waals surface area (Å²) in [6.45, 7) is 0. The van der Waals surface area contributed by atoms with Crippen LogP contribution in [-0.4, -0.2) is 9.78 Å². The van der Waals surface area contributed by atoms with E-state index < -0.39 is 0 Å². The first-order valence-electron chi connectivity index (χ1n) is 7.58. The van der Waals surface area contributed by atoms with E-state index in [1.165, 1.54) is 40.6 Å². The molecule has 0 saturated carbocycles. The quantitative estimate of drug-likeness (QED) is 0.765. The van der Waals surface area contributed by atoms with E-state index in [9.17, 15) is 0 Å². The van der Waals surface area contributed by atoms with E-state index in [1.807, 2.05) is 17.9 Å². The molecule has 3 heteroatoms. The van der Waals surface area contributed by atoms with Gasteiger partial charge in [0.2, 0.25) is 0 Å². The predicted molar refractivity (Wildman–Crippen MR) is 86.5 cm³/mol.